The maximum Gasteiger partial charge on any atom is 0.411 e. The number of nitrogens with zero attached hydrogens (tertiary/aromatic N) is 5. The zero-order chi connectivity index (χ0) is 33.8. The second-order valence-electron chi connectivity index (χ2n) is 14.9. The van der Waals surface area contributed by atoms with Gasteiger partial charge in [0.2, 0.25) is 5.95 Å². The van der Waals surface area contributed by atoms with Crippen LogP contribution in [0.15, 0.2) is 55.0 Å². The summed E-state index contributed by atoms with van der Waals surface area (Å²) < 4.78 is 11.0. The van der Waals surface area contributed by atoms with Crippen molar-refractivity contribution >= 4 is 40.7 Å². The van der Waals surface area contributed by atoms with Crippen LogP contribution in [0.3, 0.4) is 0 Å². The van der Waals surface area contributed by atoms with Gasteiger partial charge in [-0.05, 0) is 89.3 Å². The quantitative estimate of drug-likeness (QED) is 0.209. The first-order chi connectivity index (χ1) is 22.8. The van der Waals surface area contributed by atoms with Crippen LogP contribution in [0.5, 0.6) is 0 Å². The second-order valence-corrected chi connectivity index (χ2v) is 16.3. The molecule has 0 bridgehead atoms. The Morgan fingerprint density at radius 2 is 1.54 bits per heavy atom. The number of amides is 2. The number of imidazole rings is 1. The van der Waals surface area contributed by atoms with Crippen LogP contribution in [0.2, 0.25) is 0 Å². The number of hydrogen-bond donors (Lipinski definition) is 2. The number of anilines is 1. The molecule has 12 heteroatoms. The Morgan fingerprint density at radius 1 is 0.875 bits per heavy atom. The Kier molecular flexibility index (Phi) is 8.04. The molecule has 4 aromatic rings. The maximum atomic E-state index is 12.9. The molecule has 3 unspecified atom stereocenters. The summed E-state index contributed by atoms with van der Waals surface area (Å²) in [5.74, 6) is 1.46. The lowest BCUT2D eigenvalue weighted by atomic mass is 9.97. The number of nitrogens with one attached hydrogen (secondary N) is 2. The van der Waals surface area contributed by atoms with Crippen molar-refractivity contribution in [2.24, 2.45) is 0 Å². The van der Waals surface area contributed by atoms with Gasteiger partial charge >= 0.3 is 12.2 Å². The van der Waals surface area contributed by atoms with E-state index in [-0.39, 0.29) is 28.3 Å². The molecule has 3 aliphatic heterocycles. The number of aromatic amines is 1. The lowest BCUT2D eigenvalue weighted by Crippen LogP contribution is -2.44. The van der Waals surface area contributed by atoms with E-state index in [4.69, 9.17) is 14.5 Å². The minimum absolute atomic E-state index is 0.0428. The van der Waals surface area contributed by atoms with Crippen LogP contribution in [-0.2, 0) is 14.2 Å². The fourth-order valence-electron chi connectivity index (χ4n) is 6.47. The number of piperidine rings is 1. The van der Waals surface area contributed by atoms with E-state index in [1.165, 1.54) is 0 Å². The van der Waals surface area contributed by atoms with Gasteiger partial charge in [0.05, 0.1) is 11.9 Å². The average Bonchev–Trinajstić information content (AvgIpc) is 3.32. The maximum absolute atomic E-state index is 12.9. The summed E-state index contributed by atoms with van der Waals surface area (Å²) in [5.41, 5.74) is 2.94. The summed E-state index contributed by atoms with van der Waals surface area (Å²) in [6.07, 6.45) is 7.71. The number of benzene rings is 2. The van der Waals surface area contributed by atoms with Gasteiger partial charge in [-0.2, -0.15) is 0 Å². The number of rotatable bonds is 5. The van der Waals surface area contributed by atoms with Crippen molar-refractivity contribution in [1.29, 1.82) is 0 Å². The van der Waals surface area contributed by atoms with E-state index in [1.54, 1.807) is 16.7 Å². The molecule has 48 heavy (non-hydrogen) atoms. The van der Waals surface area contributed by atoms with Gasteiger partial charge in [-0.1, -0.05) is 24.3 Å². The lowest BCUT2D eigenvalue weighted by molar-refractivity contribution is 0.0187. The smallest absolute Gasteiger partial charge is 0.411 e. The molecule has 5 heterocycles. The van der Waals surface area contributed by atoms with Gasteiger partial charge in [0.1, 0.15) is 27.1 Å². The van der Waals surface area contributed by atoms with Crippen LogP contribution >= 0.6 is 11.8 Å². The number of carbonyl (C=O) groups excluding carboxylic acids is 2. The molecule has 3 fully saturated rings. The molecule has 0 radical (unpaired) electrons. The predicted molar refractivity (Wildman–Crippen MR) is 188 cm³/mol. The molecule has 3 saturated heterocycles. The molecule has 0 saturated carbocycles. The van der Waals surface area contributed by atoms with Gasteiger partial charge in [0.25, 0.3) is 0 Å². The molecular formula is C36H43N7O4S. The highest BCUT2D eigenvalue weighted by atomic mass is 32.2. The summed E-state index contributed by atoms with van der Waals surface area (Å²) in [6, 6.07) is 12.8. The number of likely N-dealkylation sites (tertiary alicyclic amines) is 2. The van der Waals surface area contributed by atoms with E-state index in [9.17, 15) is 9.59 Å². The molecule has 2 aromatic heterocycles. The van der Waals surface area contributed by atoms with Crippen LogP contribution in [0.25, 0.3) is 33.2 Å². The number of carbonyl (C=O) groups is 2. The highest BCUT2D eigenvalue weighted by molar-refractivity contribution is 8.08. The minimum Gasteiger partial charge on any atom is -0.444 e. The van der Waals surface area contributed by atoms with Crippen molar-refractivity contribution in [3.63, 3.8) is 0 Å². The van der Waals surface area contributed by atoms with E-state index >= 15 is 0 Å². The van der Waals surface area contributed by atoms with Gasteiger partial charge in [-0.25, -0.2) is 24.5 Å². The van der Waals surface area contributed by atoms with Crippen LogP contribution in [0.1, 0.15) is 66.6 Å². The van der Waals surface area contributed by atoms with E-state index in [0.29, 0.717) is 25.6 Å². The first kappa shape index (κ1) is 32.2. The zero-order valence-corrected chi connectivity index (χ0v) is 29.2. The van der Waals surface area contributed by atoms with Gasteiger partial charge < -0.3 is 24.7 Å². The van der Waals surface area contributed by atoms with Gasteiger partial charge in [-0.3, -0.25) is 4.90 Å². The average molecular weight is 670 g/mol. The number of fused-ring (bicyclic) bond motifs is 2. The summed E-state index contributed by atoms with van der Waals surface area (Å²) in [4.78, 5) is 46.4. The summed E-state index contributed by atoms with van der Waals surface area (Å²) in [5, 5.41) is 5.63. The molecular weight excluding hydrogens is 627 g/mol. The molecule has 3 aliphatic rings. The van der Waals surface area contributed by atoms with E-state index in [0.717, 1.165) is 58.2 Å². The molecule has 11 nitrogen and oxygen atoms in total. The Morgan fingerprint density at radius 3 is 2.25 bits per heavy atom. The van der Waals surface area contributed by atoms with E-state index in [2.05, 4.69) is 56.7 Å². The summed E-state index contributed by atoms with van der Waals surface area (Å²) in [7, 11) is 0. The van der Waals surface area contributed by atoms with Gasteiger partial charge in [-0.15, -0.1) is 11.8 Å². The highest BCUT2D eigenvalue weighted by Gasteiger charge is 2.64. The van der Waals surface area contributed by atoms with Crippen LogP contribution < -0.4 is 5.32 Å². The third kappa shape index (κ3) is 6.67. The molecule has 2 amide bonds. The first-order valence-corrected chi connectivity index (χ1v) is 17.5. The molecule has 252 valence electrons. The fourth-order valence-corrected chi connectivity index (χ4v) is 7.95. The predicted octanol–water partition coefficient (Wildman–Crippen LogP) is 7.41. The Hall–Kier alpha value is -4.32. The number of H-pyrrole nitrogens is 1. The number of aromatic nitrogens is 4. The molecule has 2 N–H and O–H groups in total. The topological polar surface area (TPSA) is 126 Å². The Labute approximate surface area is 285 Å². The molecule has 2 aromatic carbocycles. The number of hydrogen-bond acceptors (Lipinski definition) is 9. The van der Waals surface area contributed by atoms with E-state index in [1.807, 2.05) is 65.0 Å². The Balaban J connectivity index is 0.998. The zero-order valence-electron chi connectivity index (χ0n) is 28.4. The van der Waals surface area contributed by atoms with E-state index < -0.39 is 11.2 Å². The minimum atomic E-state index is -0.522. The fraction of sp³-hybridized carbons (Fsp3) is 0.472. The summed E-state index contributed by atoms with van der Waals surface area (Å²) >= 11 is 1.78. The SMILES string of the molecule is CC(C)(C)OC(=O)N1CCC(Nc2ncc(-c3ccc4cc(-c5cnc(C67CCCN(C(=O)OC(C)(C)C)C6S7)[nH]5)ccc4c3)cn2)C1. The standard InChI is InChI=1S/C36H43N7O4S/c1-34(2,3)46-32(44)42-15-12-27(21-42)40-31-38-18-26(19-39-31)24-9-8-23-17-25(11-10-22(23)16-24)28-20-37-29(41-28)36-13-7-14-43(30(36)48-36)33(45)47-35(4,5)6/h8-11,16-20,27,30H,7,12-15,21H2,1-6H3,(H,37,41)(H,38,39,40). The molecule has 3 atom stereocenters. The van der Waals surface area contributed by atoms with Crippen LogP contribution in [0.4, 0.5) is 15.5 Å². The molecule has 7 rings (SSSR count). The van der Waals surface area contributed by atoms with Crippen molar-refractivity contribution in [2.45, 2.75) is 88.2 Å². The van der Waals surface area contributed by atoms with Gasteiger partial charge in [0, 0.05) is 49.2 Å². The van der Waals surface area contributed by atoms with Crippen molar-refractivity contribution in [1.82, 2.24) is 29.7 Å². The lowest BCUT2D eigenvalue weighted by Gasteiger charge is -2.31. The normalized spacial score (nSPS) is 22.4. The second kappa shape index (κ2) is 12.0. The highest BCUT2D eigenvalue weighted by Crippen LogP contribution is 2.66. The third-order valence-corrected chi connectivity index (χ3v) is 10.5. The Bertz CT molecular complexity index is 1850. The van der Waals surface area contributed by atoms with Crippen LogP contribution in [-0.4, -0.2) is 84.2 Å². The van der Waals surface area contributed by atoms with Crippen LogP contribution in [0, 0.1) is 0 Å². The molecule has 0 aliphatic carbocycles. The first-order valence-electron chi connectivity index (χ1n) is 16.6. The largest absolute Gasteiger partial charge is 0.444 e. The van der Waals surface area contributed by atoms with Crippen molar-refractivity contribution in [2.75, 3.05) is 25.0 Å². The number of ether oxygens (including phenoxy) is 2. The van der Waals surface area contributed by atoms with Crippen molar-refractivity contribution in [3.8, 4) is 22.4 Å². The van der Waals surface area contributed by atoms with Gasteiger partial charge in [0.15, 0.2) is 0 Å². The van der Waals surface area contributed by atoms with Crippen molar-refractivity contribution in [3.05, 3.63) is 60.8 Å². The molecule has 0 spiro atoms. The summed E-state index contributed by atoms with van der Waals surface area (Å²) in [6.45, 7) is 13.2. The third-order valence-electron chi connectivity index (χ3n) is 8.81. The monoisotopic (exact) mass is 669 g/mol. The van der Waals surface area contributed by atoms with Crippen molar-refractivity contribution < 1.29 is 19.1 Å². The number of thioether (sulfide) groups is 1.